The van der Waals surface area contributed by atoms with Crippen LogP contribution in [0.3, 0.4) is 0 Å². The van der Waals surface area contributed by atoms with Gasteiger partial charge in [0, 0.05) is 6.42 Å². The molecule has 1 aliphatic rings. The fourth-order valence-electron chi connectivity index (χ4n) is 1.97. The minimum absolute atomic E-state index is 0.164. The molecule has 1 amide bonds. The van der Waals surface area contributed by atoms with Crippen LogP contribution in [-0.2, 0) is 9.59 Å². The Balaban J connectivity index is 0.000000212. The van der Waals surface area contributed by atoms with Gasteiger partial charge in [0.15, 0.2) is 5.82 Å². The summed E-state index contributed by atoms with van der Waals surface area (Å²) in [7, 11) is 0. The smallest absolute Gasteiger partial charge is 0.326 e. The van der Waals surface area contributed by atoms with Gasteiger partial charge in [-0.1, -0.05) is 18.2 Å². The molecule has 25 heavy (non-hydrogen) atoms. The van der Waals surface area contributed by atoms with Crippen LogP contribution in [0.2, 0.25) is 0 Å². The van der Waals surface area contributed by atoms with Gasteiger partial charge in [0.05, 0.1) is 5.69 Å². The highest BCUT2D eigenvalue weighted by molar-refractivity contribution is 5.87. The maximum Gasteiger partial charge on any atom is 0.326 e. The summed E-state index contributed by atoms with van der Waals surface area (Å²) in [4.78, 5) is 24.4. The van der Waals surface area contributed by atoms with Gasteiger partial charge in [0.1, 0.15) is 17.5 Å². The number of carboxylic acid groups (broad SMARTS) is 1. The standard InChI is InChI=1S/C11H11N5.C5H7NO3/c12-10-7-6-9(11(13)14-10)16-15-8-4-2-1-3-5-8;7-4-2-1-3(6-4)5(8)9/h1-7H,(H4,12,13,14);3H,1-2H2,(H,6,7)(H,8,9)/t;3-/m.0/s1. The molecule has 1 saturated heterocycles. The van der Waals surface area contributed by atoms with Gasteiger partial charge >= 0.3 is 5.97 Å². The Hall–Kier alpha value is -3.49. The minimum Gasteiger partial charge on any atom is -0.480 e. The zero-order valence-electron chi connectivity index (χ0n) is 13.3. The van der Waals surface area contributed by atoms with Crippen molar-refractivity contribution in [1.82, 2.24) is 10.3 Å². The van der Waals surface area contributed by atoms with E-state index in [9.17, 15) is 9.59 Å². The quantitative estimate of drug-likeness (QED) is 0.625. The number of nitrogen functional groups attached to an aromatic ring is 2. The van der Waals surface area contributed by atoms with Crippen molar-refractivity contribution in [2.75, 3.05) is 11.5 Å². The Morgan fingerprint density at radius 3 is 2.40 bits per heavy atom. The highest BCUT2D eigenvalue weighted by atomic mass is 16.4. The van der Waals surface area contributed by atoms with Crippen LogP contribution in [0.5, 0.6) is 0 Å². The van der Waals surface area contributed by atoms with E-state index in [1.165, 1.54) is 0 Å². The maximum atomic E-state index is 10.4. The summed E-state index contributed by atoms with van der Waals surface area (Å²) < 4.78 is 0. The molecule has 0 unspecified atom stereocenters. The molecule has 0 saturated carbocycles. The number of anilines is 2. The highest BCUT2D eigenvalue weighted by Crippen LogP contribution is 2.23. The summed E-state index contributed by atoms with van der Waals surface area (Å²) in [5.74, 6) is -0.459. The Morgan fingerprint density at radius 1 is 1.16 bits per heavy atom. The first-order valence-corrected chi connectivity index (χ1v) is 7.46. The van der Waals surface area contributed by atoms with E-state index in [0.717, 1.165) is 5.69 Å². The number of rotatable bonds is 3. The van der Waals surface area contributed by atoms with E-state index in [4.69, 9.17) is 16.6 Å². The molecule has 3 rings (SSSR count). The Kier molecular flexibility index (Phi) is 5.99. The third kappa shape index (κ3) is 5.57. The number of carbonyl (C=O) groups excluding carboxylic acids is 1. The first-order valence-electron chi connectivity index (χ1n) is 7.46. The molecule has 6 N–H and O–H groups in total. The molecule has 1 fully saturated rings. The summed E-state index contributed by atoms with van der Waals surface area (Å²) >= 11 is 0. The van der Waals surface area contributed by atoms with Crippen molar-refractivity contribution in [1.29, 1.82) is 0 Å². The molecule has 1 aliphatic heterocycles. The van der Waals surface area contributed by atoms with E-state index in [2.05, 4.69) is 20.5 Å². The normalized spacial score (nSPS) is 16.2. The molecule has 1 aromatic carbocycles. The monoisotopic (exact) mass is 342 g/mol. The van der Waals surface area contributed by atoms with Crippen LogP contribution >= 0.6 is 0 Å². The summed E-state index contributed by atoms with van der Waals surface area (Å²) in [6.45, 7) is 0. The average Bonchev–Trinajstić information content (AvgIpc) is 3.02. The average molecular weight is 342 g/mol. The molecule has 0 aliphatic carbocycles. The molecule has 1 atom stereocenters. The summed E-state index contributed by atoms with van der Waals surface area (Å²) in [6.07, 6.45) is 0.769. The molecule has 0 spiro atoms. The Labute approximate surface area is 143 Å². The summed E-state index contributed by atoms with van der Waals surface area (Å²) in [6, 6.07) is 12.1. The van der Waals surface area contributed by atoms with Gasteiger partial charge in [-0.3, -0.25) is 4.79 Å². The molecular formula is C16H18N6O3. The van der Waals surface area contributed by atoms with Gasteiger partial charge in [-0.25, -0.2) is 9.78 Å². The molecule has 0 radical (unpaired) electrons. The van der Waals surface area contributed by atoms with Crippen molar-refractivity contribution in [2.24, 2.45) is 10.2 Å². The Morgan fingerprint density at radius 2 is 1.88 bits per heavy atom. The fraction of sp³-hybridized carbons (Fsp3) is 0.188. The van der Waals surface area contributed by atoms with Crippen LogP contribution in [-0.4, -0.2) is 28.0 Å². The number of hydrogen-bond acceptors (Lipinski definition) is 7. The van der Waals surface area contributed by atoms with Gasteiger partial charge in [-0.2, -0.15) is 5.11 Å². The molecule has 130 valence electrons. The van der Waals surface area contributed by atoms with Crippen molar-refractivity contribution in [3.05, 3.63) is 42.5 Å². The number of nitrogens with zero attached hydrogens (tertiary/aromatic N) is 3. The predicted molar refractivity (Wildman–Crippen MR) is 92.5 cm³/mol. The van der Waals surface area contributed by atoms with Crippen LogP contribution in [0.25, 0.3) is 0 Å². The first-order chi connectivity index (χ1) is 12.0. The van der Waals surface area contributed by atoms with E-state index in [1.54, 1.807) is 12.1 Å². The van der Waals surface area contributed by atoms with Crippen molar-refractivity contribution in [3.8, 4) is 0 Å². The zero-order valence-corrected chi connectivity index (χ0v) is 13.3. The van der Waals surface area contributed by atoms with Gasteiger partial charge in [-0.05, 0) is 30.7 Å². The number of benzene rings is 1. The highest BCUT2D eigenvalue weighted by Gasteiger charge is 2.26. The van der Waals surface area contributed by atoms with Crippen LogP contribution in [0.4, 0.5) is 23.0 Å². The van der Waals surface area contributed by atoms with E-state index >= 15 is 0 Å². The number of carboxylic acids is 1. The SMILES string of the molecule is Nc1ccc(N=Nc2ccccc2)c(N)n1.O=C1CC[C@@H](C(=O)O)N1. The largest absolute Gasteiger partial charge is 0.480 e. The van der Waals surface area contributed by atoms with E-state index in [-0.39, 0.29) is 11.7 Å². The summed E-state index contributed by atoms with van der Waals surface area (Å²) in [5, 5.41) is 18.7. The molecule has 1 aromatic heterocycles. The van der Waals surface area contributed by atoms with Gasteiger partial charge in [0.25, 0.3) is 0 Å². The number of aromatic nitrogens is 1. The predicted octanol–water partition coefficient (Wildman–Crippen LogP) is 2.01. The second kappa shape index (κ2) is 8.39. The lowest BCUT2D eigenvalue weighted by Crippen LogP contribution is -2.32. The fourth-order valence-corrected chi connectivity index (χ4v) is 1.97. The number of amides is 1. The van der Waals surface area contributed by atoms with Gasteiger partial charge in [-0.15, -0.1) is 5.11 Å². The van der Waals surface area contributed by atoms with Crippen molar-refractivity contribution >= 4 is 34.9 Å². The molecular weight excluding hydrogens is 324 g/mol. The van der Waals surface area contributed by atoms with Gasteiger partial charge < -0.3 is 21.9 Å². The lowest BCUT2D eigenvalue weighted by atomic mass is 10.2. The van der Waals surface area contributed by atoms with E-state index in [1.807, 2.05) is 30.3 Å². The number of nitrogens with two attached hydrogens (primary N) is 2. The molecule has 9 nitrogen and oxygen atoms in total. The van der Waals surface area contributed by atoms with Crippen molar-refractivity contribution in [2.45, 2.75) is 18.9 Å². The third-order valence-corrected chi connectivity index (χ3v) is 3.25. The molecule has 2 heterocycles. The van der Waals surface area contributed by atoms with Gasteiger partial charge in [0.2, 0.25) is 5.91 Å². The second-order valence-electron chi connectivity index (χ2n) is 5.17. The maximum absolute atomic E-state index is 10.4. The molecule has 0 bridgehead atoms. The van der Waals surface area contributed by atoms with Crippen LogP contribution in [0, 0.1) is 0 Å². The number of nitrogens with one attached hydrogen (secondary N) is 1. The molecule has 2 aromatic rings. The van der Waals surface area contributed by atoms with E-state index < -0.39 is 12.0 Å². The number of azo groups is 1. The second-order valence-corrected chi connectivity index (χ2v) is 5.17. The topological polar surface area (TPSA) is 156 Å². The number of aliphatic carboxylic acids is 1. The van der Waals surface area contributed by atoms with Crippen LogP contribution in [0.1, 0.15) is 12.8 Å². The van der Waals surface area contributed by atoms with E-state index in [0.29, 0.717) is 24.3 Å². The Bertz CT molecular complexity index is 779. The number of pyridine rings is 1. The van der Waals surface area contributed by atoms with Crippen LogP contribution in [0.15, 0.2) is 52.7 Å². The van der Waals surface area contributed by atoms with Crippen LogP contribution < -0.4 is 16.8 Å². The summed E-state index contributed by atoms with van der Waals surface area (Å²) in [5.41, 5.74) is 12.4. The molecule has 9 heteroatoms. The lowest BCUT2D eigenvalue weighted by molar-refractivity contribution is -0.140. The third-order valence-electron chi connectivity index (χ3n) is 3.25. The lowest BCUT2D eigenvalue weighted by Gasteiger charge is -1.99. The van der Waals surface area contributed by atoms with Crippen molar-refractivity contribution in [3.63, 3.8) is 0 Å². The zero-order chi connectivity index (χ0) is 18.2. The van der Waals surface area contributed by atoms with Crippen molar-refractivity contribution < 1.29 is 14.7 Å². The number of hydrogen-bond donors (Lipinski definition) is 4. The first kappa shape index (κ1) is 17.9. The number of carbonyl (C=O) groups is 2. The minimum atomic E-state index is -0.944.